The van der Waals surface area contributed by atoms with E-state index < -0.39 is 6.10 Å². The van der Waals surface area contributed by atoms with Gasteiger partial charge in [-0.2, -0.15) is 0 Å². The van der Waals surface area contributed by atoms with Crippen LogP contribution in [-0.2, 0) is 28.6 Å². The van der Waals surface area contributed by atoms with Crippen LogP contribution in [0.3, 0.4) is 0 Å². The first-order valence-corrected chi connectivity index (χ1v) is 35.6. The Hall–Kier alpha value is -2.63. The second-order valence-corrected chi connectivity index (χ2v) is 24.1. The highest BCUT2D eigenvalue weighted by molar-refractivity contribution is 5.71. The largest absolute Gasteiger partial charge is 0.462 e. The van der Waals surface area contributed by atoms with Crippen LogP contribution in [0, 0.1) is 0 Å². The maximum absolute atomic E-state index is 12.9. The molecular weight excluding hydrogens is 985 g/mol. The Labute approximate surface area is 498 Å². The molecule has 1 unspecified atom stereocenters. The molecule has 0 heterocycles. The zero-order chi connectivity index (χ0) is 57.8. The summed E-state index contributed by atoms with van der Waals surface area (Å²) in [5.74, 6) is -0.855. The monoisotopic (exact) mass is 1120 g/mol. The molecule has 0 bridgehead atoms. The molecule has 0 aliphatic rings. The average molecular weight is 1120 g/mol. The number of hydrogen-bond donors (Lipinski definition) is 0. The molecule has 6 heteroatoms. The van der Waals surface area contributed by atoms with Gasteiger partial charge in [-0.3, -0.25) is 14.4 Å². The Balaban J connectivity index is 4.08. The normalized spacial score (nSPS) is 12.3. The molecule has 0 aliphatic heterocycles. The van der Waals surface area contributed by atoms with Crippen molar-refractivity contribution in [2.45, 2.75) is 393 Å². The van der Waals surface area contributed by atoms with E-state index in [4.69, 9.17) is 14.2 Å². The van der Waals surface area contributed by atoms with Crippen molar-refractivity contribution >= 4 is 17.9 Å². The van der Waals surface area contributed by atoms with Crippen molar-refractivity contribution in [3.05, 3.63) is 48.6 Å². The highest BCUT2D eigenvalue weighted by Crippen LogP contribution is 2.18. The van der Waals surface area contributed by atoms with E-state index in [1.54, 1.807) is 0 Å². The van der Waals surface area contributed by atoms with Crippen LogP contribution in [0.2, 0.25) is 0 Å². The third-order valence-corrected chi connectivity index (χ3v) is 16.1. The first-order valence-electron chi connectivity index (χ1n) is 35.6. The standard InChI is InChI=1S/C74H136O6/c1-4-7-10-13-16-19-21-23-25-27-29-31-33-35-36-37-38-40-41-43-45-47-49-51-53-55-58-61-64-67-73(76)79-70-71(69-78-72(75)66-63-60-57-18-15-12-9-6-3)80-74(77)68-65-62-59-56-54-52-50-48-46-44-42-39-34-32-30-28-26-24-22-20-17-14-11-8-5-2/h22,24,27-30,34,39,71H,4-21,23,25-26,31-33,35-38,40-70H2,1-3H3/b24-22-,29-27-,30-28-,39-34-. The van der Waals surface area contributed by atoms with E-state index in [1.165, 1.54) is 276 Å². The highest BCUT2D eigenvalue weighted by Gasteiger charge is 2.19. The zero-order valence-corrected chi connectivity index (χ0v) is 53.9. The van der Waals surface area contributed by atoms with Gasteiger partial charge in [-0.05, 0) is 83.5 Å². The lowest BCUT2D eigenvalue weighted by Gasteiger charge is -2.18. The van der Waals surface area contributed by atoms with Gasteiger partial charge in [0.2, 0.25) is 0 Å². The molecule has 1 atom stereocenters. The molecule has 80 heavy (non-hydrogen) atoms. The summed E-state index contributed by atoms with van der Waals surface area (Å²) in [4.78, 5) is 38.2. The molecule has 468 valence electrons. The summed E-state index contributed by atoms with van der Waals surface area (Å²) in [7, 11) is 0. The first kappa shape index (κ1) is 77.4. The second kappa shape index (κ2) is 68.9. The van der Waals surface area contributed by atoms with Crippen molar-refractivity contribution in [3.63, 3.8) is 0 Å². The van der Waals surface area contributed by atoms with E-state index in [9.17, 15) is 14.4 Å². The molecular formula is C74H136O6. The van der Waals surface area contributed by atoms with Crippen molar-refractivity contribution in [2.24, 2.45) is 0 Å². The number of carbonyl (C=O) groups is 3. The summed E-state index contributed by atoms with van der Waals surface area (Å²) in [5.41, 5.74) is 0. The number of unbranched alkanes of at least 4 members (excludes halogenated alkanes) is 47. The fourth-order valence-electron chi connectivity index (χ4n) is 10.7. The van der Waals surface area contributed by atoms with Gasteiger partial charge in [-0.25, -0.2) is 0 Å². The van der Waals surface area contributed by atoms with Crippen molar-refractivity contribution in [1.82, 2.24) is 0 Å². The summed E-state index contributed by atoms with van der Waals surface area (Å²) in [6.45, 7) is 6.65. The number of carbonyl (C=O) groups excluding carboxylic acids is 3. The van der Waals surface area contributed by atoms with Crippen LogP contribution < -0.4 is 0 Å². The van der Waals surface area contributed by atoms with E-state index in [2.05, 4.69) is 69.4 Å². The predicted molar refractivity (Wildman–Crippen MR) is 349 cm³/mol. The van der Waals surface area contributed by atoms with Crippen LogP contribution in [0.5, 0.6) is 0 Å². The third kappa shape index (κ3) is 66.2. The summed E-state index contributed by atoms with van der Waals surface area (Å²) in [6.07, 6.45) is 87.4. The number of rotatable bonds is 66. The van der Waals surface area contributed by atoms with Crippen molar-refractivity contribution in [2.75, 3.05) is 13.2 Å². The molecule has 0 aliphatic carbocycles. The predicted octanol–water partition coefficient (Wildman–Crippen LogP) is 24.5. The fourth-order valence-corrected chi connectivity index (χ4v) is 10.7. The van der Waals surface area contributed by atoms with Gasteiger partial charge in [0.1, 0.15) is 13.2 Å². The smallest absolute Gasteiger partial charge is 0.306 e. The van der Waals surface area contributed by atoms with Crippen LogP contribution in [0.25, 0.3) is 0 Å². The van der Waals surface area contributed by atoms with Crippen molar-refractivity contribution in [3.8, 4) is 0 Å². The first-order chi connectivity index (χ1) is 39.5. The molecule has 6 nitrogen and oxygen atoms in total. The van der Waals surface area contributed by atoms with Gasteiger partial charge in [0, 0.05) is 19.3 Å². The van der Waals surface area contributed by atoms with E-state index in [0.717, 1.165) is 70.6 Å². The van der Waals surface area contributed by atoms with Crippen LogP contribution in [0.15, 0.2) is 48.6 Å². The summed E-state index contributed by atoms with van der Waals surface area (Å²) < 4.78 is 16.9. The zero-order valence-electron chi connectivity index (χ0n) is 53.9. The molecule has 0 aromatic heterocycles. The second-order valence-electron chi connectivity index (χ2n) is 24.1. The minimum Gasteiger partial charge on any atom is -0.462 e. The van der Waals surface area contributed by atoms with Gasteiger partial charge in [0.25, 0.3) is 0 Å². The van der Waals surface area contributed by atoms with Gasteiger partial charge in [-0.15, -0.1) is 0 Å². The van der Waals surface area contributed by atoms with E-state index in [0.29, 0.717) is 19.3 Å². The lowest BCUT2D eigenvalue weighted by Crippen LogP contribution is -2.30. The molecule has 0 N–H and O–H groups in total. The quantitative estimate of drug-likeness (QED) is 0.0261. The van der Waals surface area contributed by atoms with Crippen LogP contribution in [0.4, 0.5) is 0 Å². The van der Waals surface area contributed by atoms with Crippen molar-refractivity contribution in [1.29, 1.82) is 0 Å². The number of esters is 3. The Morgan fingerprint density at radius 3 is 0.713 bits per heavy atom. The molecule has 0 saturated carbocycles. The Bertz CT molecular complexity index is 1380. The topological polar surface area (TPSA) is 78.9 Å². The molecule has 0 saturated heterocycles. The SMILES string of the molecule is CCCCCCC/C=C\C/C=C\C/C=C\CCCCCCCCCCCCC(=O)OC(COC(=O)CCCCCCCCCC)COC(=O)CCCCCCCCCCCCCCCCCCC/C=C\CCCCCCCCCC. The van der Waals surface area contributed by atoms with E-state index in [-0.39, 0.29) is 31.1 Å². The fraction of sp³-hybridized carbons (Fsp3) is 0.851. The summed E-state index contributed by atoms with van der Waals surface area (Å²) in [5, 5.41) is 0. The Morgan fingerprint density at radius 2 is 0.450 bits per heavy atom. The molecule has 0 spiro atoms. The minimum atomic E-state index is -0.772. The highest BCUT2D eigenvalue weighted by atomic mass is 16.6. The average Bonchev–Trinajstić information content (AvgIpc) is 3.46. The Kier molecular flexibility index (Phi) is 66.6. The molecule has 0 rings (SSSR count). The van der Waals surface area contributed by atoms with Crippen LogP contribution >= 0.6 is 0 Å². The number of allylic oxidation sites excluding steroid dienone is 8. The minimum absolute atomic E-state index is 0.0701. The van der Waals surface area contributed by atoms with Crippen LogP contribution in [0.1, 0.15) is 387 Å². The van der Waals surface area contributed by atoms with Gasteiger partial charge in [0.15, 0.2) is 6.10 Å². The maximum atomic E-state index is 12.9. The van der Waals surface area contributed by atoms with Gasteiger partial charge in [-0.1, -0.05) is 333 Å². The number of hydrogen-bond acceptors (Lipinski definition) is 6. The molecule has 0 radical (unpaired) electrons. The van der Waals surface area contributed by atoms with Gasteiger partial charge >= 0.3 is 17.9 Å². The lowest BCUT2D eigenvalue weighted by molar-refractivity contribution is -0.167. The maximum Gasteiger partial charge on any atom is 0.306 e. The summed E-state index contributed by atoms with van der Waals surface area (Å²) >= 11 is 0. The third-order valence-electron chi connectivity index (χ3n) is 16.1. The van der Waals surface area contributed by atoms with Crippen molar-refractivity contribution < 1.29 is 28.6 Å². The van der Waals surface area contributed by atoms with Crippen LogP contribution in [-0.4, -0.2) is 37.2 Å². The Morgan fingerprint density at radius 1 is 0.250 bits per heavy atom. The van der Waals surface area contributed by atoms with E-state index in [1.807, 2.05) is 0 Å². The summed E-state index contributed by atoms with van der Waals surface area (Å²) in [6, 6.07) is 0. The van der Waals surface area contributed by atoms with Gasteiger partial charge in [0.05, 0.1) is 0 Å². The lowest BCUT2D eigenvalue weighted by atomic mass is 10.0. The van der Waals surface area contributed by atoms with Gasteiger partial charge < -0.3 is 14.2 Å². The van der Waals surface area contributed by atoms with E-state index >= 15 is 0 Å². The number of ether oxygens (including phenoxy) is 3. The molecule has 0 aromatic carbocycles. The molecule has 0 aromatic rings. The molecule has 0 amide bonds. The molecule has 0 fully saturated rings.